The number of rotatable bonds is 4. The molecular weight excluding hydrogens is 312 g/mol. The number of aryl methyl sites for hydroxylation is 1. The number of guanidine groups is 1. The first-order valence-electron chi connectivity index (χ1n) is 7.17. The van der Waals surface area contributed by atoms with Crippen LogP contribution in [-0.4, -0.2) is 27.1 Å². The molecule has 0 radical (unpaired) electrons. The summed E-state index contributed by atoms with van der Waals surface area (Å²) in [6.45, 7) is 4.16. The zero-order chi connectivity index (χ0) is 16.9. The van der Waals surface area contributed by atoms with Crippen molar-refractivity contribution in [3.05, 3.63) is 53.8 Å². The van der Waals surface area contributed by atoms with E-state index in [0.717, 1.165) is 11.1 Å². The highest BCUT2D eigenvalue weighted by Gasteiger charge is 2.14. The third kappa shape index (κ3) is 5.07. The molecule has 1 aromatic carbocycles. The van der Waals surface area contributed by atoms with Crippen LogP contribution in [0, 0.1) is 12.8 Å². The van der Waals surface area contributed by atoms with Crippen LogP contribution in [0.4, 0.5) is 0 Å². The van der Waals surface area contributed by atoms with Crippen molar-refractivity contribution in [3.8, 4) is 0 Å². The first-order valence-corrected chi connectivity index (χ1v) is 8.65. The van der Waals surface area contributed by atoms with Crippen LogP contribution < -0.4 is 10.5 Å². The average molecular weight is 332 g/mol. The molecule has 1 atom stereocenters. The Labute approximate surface area is 136 Å². The van der Waals surface area contributed by atoms with E-state index in [2.05, 4.69) is 14.7 Å². The second-order valence-electron chi connectivity index (χ2n) is 5.34. The lowest BCUT2D eigenvalue weighted by atomic mass is 10.1. The van der Waals surface area contributed by atoms with Crippen LogP contribution in [0.2, 0.25) is 0 Å². The van der Waals surface area contributed by atoms with Gasteiger partial charge in [0, 0.05) is 18.3 Å². The number of allylic oxidation sites excluding steroid dienone is 1. The Morgan fingerprint density at radius 2 is 2.04 bits per heavy atom. The van der Waals surface area contributed by atoms with Gasteiger partial charge in [-0.2, -0.15) is 0 Å². The quantitative estimate of drug-likeness (QED) is 0.649. The molecule has 2 rings (SSSR count). The van der Waals surface area contributed by atoms with Gasteiger partial charge in [-0.25, -0.2) is 18.1 Å². The molecule has 0 saturated carbocycles. The second-order valence-corrected chi connectivity index (χ2v) is 7.02. The molecule has 3 N–H and O–H groups in total. The number of nitrogens with one attached hydrogen (secondary N) is 1. The molecule has 0 spiro atoms. The van der Waals surface area contributed by atoms with Gasteiger partial charge in [0.25, 0.3) is 10.0 Å². The van der Waals surface area contributed by atoms with E-state index in [1.165, 1.54) is 12.1 Å². The summed E-state index contributed by atoms with van der Waals surface area (Å²) in [6, 6.07) is 6.50. The third-order valence-electron chi connectivity index (χ3n) is 3.18. The largest absolute Gasteiger partial charge is 0.369 e. The van der Waals surface area contributed by atoms with Gasteiger partial charge in [-0.1, -0.05) is 36.8 Å². The zero-order valence-corrected chi connectivity index (χ0v) is 13.9. The topological polar surface area (TPSA) is 96.9 Å². The smallest absolute Gasteiger partial charge is 0.264 e. The monoisotopic (exact) mass is 332 g/mol. The molecule has 0 aliphatic carbocycles. The minimum absolute atomic E-state index is 0.147. The first-order chi connectivity index (χ1) is 10.9. The summed E-state index contributed by atoms with van der Waals surface area (Å²) < 4.78 is 26.6. The van der Waals surface area contributed by atoms with Crippen molar-refractivity contribution in [1.29, 1.82) is 0 Å². The van der Waals surface area contributed by atoms with Gasteiger partial charge >= 0.3 is 0 Å². The molecule has 0 saturated heterocycles. The maximum absolute atomic E-state index is 12.2. The Hall–Kier alpha value is -2.41. The number of nitrogens with zero attached hydrogens (tertiary/aromatic N) is 2. The zero-order valence-electron chi connectivity index (χ0n) is 13.1. The summed E-state index contributed by atoms with van der Waals surface area (Å²) in [4.78, 5) is 8.34. The normalized spacial score (nSPS) is 18.4. The standard InChI is InChI=1S/C16H20N4O2S/c1-12-4-7-15(8-5-12)23(21,22)20-16(17)19-11-14-6-3-13(2)9-18-10-14/h3-10,13H,11H2,1-2H3,(H3,17,19,20). The van der Waals surface area contributed by atoms with Crippen LogP contribution in [-0.2, 0) is 10.0 Å². The van der Waals surface area contributed by atoms with E-state index in [-0.39, 0.29) is 23.3 Å². The predicted molar refractivity (Wildman–Crippen MR) is 92.9 cm³/mol. The van der Waals surface area contributed by atoms with Crippen molar-refractivity contribution in [2.24, 2.45) is 21.6 Å². The van der Waals surface area contributed by atoms with E-state index >= 15 is 0 Å². The maximum atomic E-state index is 12.2. The maximum Gasteiger partial charge on any atom is 0.264 e. The predicted octanol–water partition coefficient (Wildman–Crippen LogP) is 1.75. The van der Waals surface area contributed by atoms with Crippen LogP contribution in [0.15, 0.2) is 63.1 Å². The lowest BCUT2D eigenvalue weighted by molar-refractivity contribution is 0.592. The van der Waals surface area contributed by atoms with Gasteiger partial charge in [-0.05, 0) is 24.6 Å². The van der Waals surface area contributed by atoms with Crippen LogP contribution in [0.1, 0.15) is 12.5 Å². The number of hydrogen-bond donors (Lipinski definition) is 2. The molecular formula is C16H20N4O2S. The van der Waals surface area contributed by atoms with Gasteiger partial charge in [0.1, 0.15) is 0 Å². The average Bonchev–Trinajstić information content (AvgIpc) is 2.70. The number of nitrogens with two attached hydrogens (primary N) is 1. The minimum atomic E-state index is -3.72. The summed E-state index contributed by atoms with van der Waals surface area (Å²) >= 11 is 0. The van der Waals surface area contributed by atoms with Crippen molar-refractivity contribution in [2.45, 2.75) is 18.7 Å². The number of hydrogen-bond acceptors (Lipinski definition) is 4. The van der Waals surface area contributed by atoms with Gasteiger partial charge < -0.3 is 5.73 Å². The summed E-state index contributed by atoms with van der Waals surface area (Å²) in [5.74, 6) is 0.103. The molecule has 1 aliphatic rings. The van der Waals surface area contributed by atoms with Crippen LogP contribution in [0.5, 0.6) is 0 Å². The summed E-state index contributed by atoms with van der Waals surface area (Å²) in [7, 11) is -3.72. The fourth-order valence-corrected chi connectivity index (χ4v) is 2.81. The van der Waals surface area contributed by atoms with Crippen molar-refractivity contribution >= 4 is 22.2 Å². The number of sulfonamides is 1. The van der Waals surface area contributed by atoms with Crippen molar-refractivity contribution in [1.82, 2.24) is 4.72 Å². The highest BCUT2D eigenvalue weighted by molar-refractivity contribution is 7.90. The molecule has 0 amide bonds. The summed E-state index contributed by atoms with van der Waals surface area (Å²) in [5.41, 5.74) is 7.51. The van der Waals surface area contributed by atoms with E-state index in [9.17, 15) is 8.42 Å². The van der Waals surface area contributed by atoms with Crippen molar-refractivity contribution < 1.29 is 8.42 Å². The van der Waals surface area contributed by atoms with Gasteiger partial charge in [-0.15, -0.1) is 0 Å². The van der Waals surface area contributed by atoms with E-state index < -0.39 is 10.0 Å². The molecule has 7 heteroatoms. The van der Waals surface area contributed by atoms with Crippen molar-refractivity contribution in [2.75, 3.05) is 6.54 Å². The summed E-state index contributed by atoms with van der Waals surface area (Å²) in [5, 5.41) is 0. The highest BCUT2D eigenvalue weighted by atomic mass is 32.2. The Bertz CT molecular complexity index is 775. The molecule has 122 valence electrons. The molecule has 0 aromatic heterocycles. The molecule has 23 heavy (non-hydrogen) atoms. The lowest BCUT2D eigenvalue weighted by Crippen LogP contribution is -2.37. The van der Waals surface area contributed by atoms with Crippen molar-refractivity contribution in [3.63, 3.8) is 0 Å². The van der Waals surface area contributed by atoms with E-state index in [1.807, 2.05) is 32.2 Å². The fraction of sp³-hybridized carbons (Fsp3) is 0.250. The molecule has 1 heterocycles. The van der Waals surface area contributed by atoms with E-state index in [4.69, 9.17) is 5.73 Å². The minimum Gasteiger partial charge on any atom is -0.369 e. The SMILES string of the molecule is Cc1ccc(S(=O)(=O)NC(N)=NCC2=CN=CC(C)C=C2)cc1. The molecule has 0 bridgehead atoms. The molecule has 1 aromatic rings. The Balaban J connectivity index is 2.04. The van der Waals surface area contributed by atoms with Gasteiger partial charge in [0.15, 0.2) is 0 Å². The Kier molecular flexibility index (Phi) is 5.33. The molecule has 6 nitrogen and oxygen atoms in total. The van der Waals surface area contributed by atoms with Gasteiger partial charge in [-0.3, -0.25) is 4.99 Å². The number of benzene rings is 1. The molecule has 1 aliphatic heterocycles. The van der Waals surface area contributed by atoms with Crippen LogP contribution in [0.3, 0.4) is 0 Å². The van der Waals surface area contributed by atoms with Gasteiger partial charge in [0.2, 0.25) is 5.96 Å². The second kappa shape index (κ2) is 7.23. The Morgan fingerprint density at radius 3 is 2.74 bits per heavy atom. The molecule has 1 unspecified atom stereocenters. The van der Waals surface area contributed by atoms with E-state index in [1.54, 1.807) is 18.3 Å². The van der Waals surface area contributed by atoms with Gasteiger partial charge in [0.05, 0.1) is 11.4 Å². The number of aliphatic imine (C=N–C) groups is 2. The summed E-state index contributed by atoms with van der Waals surface area (Å²) in [6.07, 6.45) is 7.40. The van der Waals surface area contributed by atoms with Crippen LogP contribution >= 0.6 is 0 Å². The molecule has 0 fully saturated rings. The highest BCUT2D eigenvalue weighted by Crippen LogP contribution is 2.10. The fourth-order valence-electron chi connectivity index (χ4n) is 1.86. The lowest BCUT2D eigenvalue weighted by Gasteiger charge is -2.07. The van der Waals surface area contributed by atoms with Crippen LogP contribution in [0.25, 0.3) is 0 Å². The van der Waals surface area contributed by atoms with E-state index in [0.29, 0.717) is 0 Å². The third-order valence-corrected chi connectivity index (χ3v) is 4.55. The first kappa shape index (κ1) is 17.0. The Morgan fingerprint density at radius 1 is 1.35 bits per heavy atom.